The summed E-state index contributed by atoms with van der Waals surface area (Å²) in [5, 5.41) is 4.92. The largest absolute Gasteiger partial charge is 0.112 e. The second kappa shape index (κ2) is 6.61. The first kappa shape index (κ1) is 15.6. The zero-order chi connectivity index (χ0) is 18.1. The smallest absolute Gasteiger partial charge is 0.0328 e. The van der Waals surface area contributed by atoms with Crippen LogP contribution in [0.15, 0.2) is 103 Å². The standard InChI is InChI=1S/C27H18/c1-4-12-20(13-5-1)26-22-16-8-3-9-17-23(22)27(21-14-6-2-7-15-21)25-19-11-10-18-24(25)26/h1-16,18-19H. The van der Waals surface area contributed by atoms with Crippen molar-refractivity contribution in [2.24, 2.45) is 0 Å². The highest BCUT2D eigenvalue weighted by Gasteiger charge is 2.14. The molecule has 0 atom stereocenters. The number of fused-ring (bicyclic) bond motifs is 2. The second-order valence-corrected chi connectivity index (χ2v) is 6.68. The fourth-order valence-electron chi connectivity index (χ4n) is 3.93. The molecule has 0 aliphatic heterocycles. The van der Waals surface area contributed by atoms with Crippen molar-refractivity contribution in [1.29, 1.82) is 0 Å². The predicted octanol–water partition coefficient (Wildman–Crippen LogP) is 5.46. The van der Waals surface area contributed by atoms with Crippen molar-refractivity contribution in [2.45, 2.75) is 0 Å². The maximum Gasteiger partial charge on any atom is 0.0328 e. The Hall–Kier alpha value is -3.60. The zero-order valence-corrected chi connectivity index (χ0v) is 14.9. The van der Waals surface area contributed by atoms with E-state index >= 15 is 0 Å². The third-order valence-electron chi connectivity index (χ3n) is 5.08. The van der Waals surface area contributed by atoms with Crippen molar-refractivity contribution in [3.8, 4) is 22.3 Å². The van der Waals surface area contributed by atoms with E-state index in [1.54, 1.807) is 0 Å². The molecule has 1 aliphatic rings. The summed E-state index contributed by atoms with van der Waals surface area (Å²) >= 11 is 0. The number of hydrogen-bond donors (Lipinski definition) is 0. The lowest BCUT2D eigenvalue weighted by Gasteiger charge is -2.14. The lowest BCUT2D eigenvalue weighted by molar-refractivity contribution is 1.53. The molecule has 0 saturated carbocycles. The van der Waals surface area contributed by atoms with E-state index in [9.17, 15) is 0 Å². The van der Waals surface area contributed by atoms with Crippen molar-refractivity contribution in [3.63, 3.8) is 0 Å². The lowest BCUT2D eigenvalue weighted by atomic mass is 9.88. The molecule has 27 heavy (non-hydrogen) atoms. The van der Waals surface area contributed by atoms with Crippen molar-refractivity contribution >= 4 is 22.6 Å². The van der Waals surface area contributed by atoms with Crippen molar-refractivity contribution in [3.05, 3.63) is 114 Å². The minimum absolute atomic E-state index is 1.16. The lowest BCUT2D eigenvalue weighted by Crippen LogP contribution is -2.28. The fourth-order valence-corrected chi connectivity index (χ4v) is 3.93. The van der Waals surface area contributed by atoms with Gasteiger partial charge >= 0.3 is 0 Å². The first-order valence-corrected chi connectivity index (χ1v) is 9.23. The zero-order valence-electron chi connectivity index (χ0n) is 14.9. The van der Waals surface area contributed by atoms with E-state index in [4.69, 9.17) is 0 Å². The molecule has 0 aromatic heterocycles. The quantitative estimate of drug-likeness (QED) is 0.454. The van der Waals surface area contributed by atoms with Crippen LogP contribution in [0.1, 0.15) is 0 Å². The Kier molecular flexibility index (Phi) is 3.83. The predicted molar refractivity (Wildman–Crippen MR) is 116 cm³/mol. The van der Waals surface area contributed by atoms with Crippen LogP contribution in [0, 0.1) is 0 Å². The molecule has 5 rings (SSSR count). The molecule has 4 aromatic rings. The molecule has 1 aliphatic carbocycles. The summed E-state index contributed by atoms with van der Waals surface area (Å²) < 4.78 is 0. The van der Waals surface area contributed by atoms with Crippen LogP contribution in [-0.4, -0.2) is 0 Å². The molecule has 0 saturated heterocycles. The number of hydrogen-bond acceptors (Lipinski definition) is 0. The Bertz CT molecular complexity index is 1320. The fraction of sp³-hybridized carbons (Fsp3) is 0. The highest BCUT2D eigenvalue weighted by molar-refractivity contribution is 6.05. The molecular formula is C27H18. The van der Waals surface area contributed by atoms with E-state index < -0.39 is 0 Å². The summed E-state index contributed by atoms with van der Waals surface area (Å²) in [5.74, 6) is 0. The molecule has 0 spiro atoms. The van der Waals surface area contributed by atoms with Crippen molar-refractivity contribution in [1.82, 2.24) is 0 Å². The van der Waals surface area contributed by atoms with E-state index in [1.807, 2.05) is 12.2 Å². The third-order valence-corrected chi connectivity index (χ3v) is 5.08. The molecule has 0 amide bonds. The van der Waals surface area contributed by atoms with E-state index in [2.05, 4.69) is 103 Å². The first-order valence-electron chi connectivity index (χ1n) is 9.23. The Balaban J connectivity index is 2.07. The molecular weight excluding hydrogens is 324 g/mol. The molecule has 0 bridgehead atoms. The van der Waals surface area contributed by atoms with E-state index in [0.717, 1.165) is 5.22 Å². The van der Waals surface area contributed by atoms with Gasteiger partial charge in [-0.3, -0.25) is 0 Å². The van der Waals surface area contributed by atoms with Gasteiger partial charge in [0.05, 0.1) is 0 Å². The summed E-state index contributed by atoms with van der Waals surface area (Å²) in [5.41, 5.74) is 8.53. The SMILES string of the molecule is C1=CC=CC=c2c(-c3ccccc3)c3ccccc3c(-c3ccccc3)c2=1. The molecule has 0 N–H and O–H groups in total. The van der Waals surface area contributed by atoms with Crippen molar-refractivity contribution in [2.75, 3.05) is 0 Å². The van der Waals surface area contributed by atoms with Crippen molar-refractivity contribution < 1.29 is 0 Å². The van der Waals surface area contributed by atoms with Gasteiger partial charge < -0.3 is 0 Å². The van der Waals surface area contributed by atoms with Gasteiger partial charge in [-0.25, -0.2) is 0 Å². The Morgan fingerprint density at radius 1 is 0.519 bits per heavy atom. The van der Waals surface area contributed by atoms with Gasteiger partial charge in [0, 0.05) is 10.8 Å². The number of benzene rings is 4. The number of allylic oxidation sites excluding steroid dienone is 3. The molecule has 0 nitrogen and oxygen atoms in total. The highest BCUT2D eigenvalue weighted by atomic mass is 14.2. The third kappa shape index (κ3) is 2.64. The van der Waals surface area contributed by atoms with Gasteiger partial charge in [-0.05, 0) is 38.8 Å². The average Bonchev–Trinajstić information content (AvgIpc) is 2.99. The molecule has 0 unspecified atom stereocenters. The van der Waals surface area contributed by atoms with Crippen LogP contribution in [-0.2, 0) is 0 Å². The maximum absolute atomic E-state index is 3.55. The van der Waals surface area contributed by atoms with Gasteiger partial charge in [-0.2, -0.15) is 0 Å². The summed E-state index contributed by atoms with van der Waals surface area (Å²) in [7, 11) is 0. The monoisotopic (exact) mass is 342 g/mol. The van der Waals surface area contributed by atoms with Crippen LogP contribution in [0.5, 0.6) is 0 Å². The van der Waals surface area contributed by atoms with E-state index in [-0.39, 0.29) is 0 Å². The van der Waals surface area contributed by atoms with E-state index in [0.29, 0.717) is 0 Å². The molecule has 4 aromatic carbocycles. The minimum atomic E-state index is 1.16. The van der Waals surface area contributed by atoms with Crippen LogP contribution < -0.4 is 10.4 Å². The molecule has 126 valence electrons. The summed E-state index contributed by atoms with van der Waals surface area (Å²) in [4.78, 5) is 0. The highest BCUT2D eigenvalue weighted by Crippen LogP contribution is 2.31. The Labute approximate surface area is 158 Å². The van der Waals surface area contributed by atoms with E-state index in [1.165, 1.54) is 38.2 Å². The summed E-state index contributed by atoms with van der Waals surface area (Å²) in [6.45, 7) is 0. The van der Waals surface area contributed by atoms with Gasteiger partial charge in [0.1, 0.15) is 0 Å². The van der Waals surface area contributed by atoms with Crippen LogP contribution in [0.3, 0.4) is 0 Å². The molecule has 0 fully saturated rings. The van der Waals surface area contributed by atoms with Crippen LogP contribution in [0.2, 0.25) is 0 Å². The number of rotatable bonds is 2. The molecule has 0 radical (unpaired) electrons. The molecule has 0 heterocycles. The average molecular weight is 342 g/mol. The maximum atomic E-state index is 3.55. The van der Waals surface area contributed by atoms with Crippen LogP contribution in [0.25, 0.3) is 44.8 Å². The topological polar surface area (TPSA) is 0 Å². The van der Waals surface area contributed by atoms with Gasteiger partial charge in [0.2, 0.25) is 0 Å². The van der Waals surface area contributed by atoms with Crippen LogP contribution in [0.4, 0.5) is 0 Å². The van der Waals surface area contributed by atoms with Gasteiger partial charge in [0.15, 0.2) is 0 Å². The van der Waals surface area contributed by atoms with Gasteiger partial charge in [-0.15, -0.1) is 5.73 Å². The minimum Gasteiger partial charge on any atom is -0.112 e. The Morgan fingerprint density at radius 3 is 1.74 bits per heavy atom. The first-order chi connectivity index (χ1) is 13.4. The van der Waals surface area contributed by atoms with Crippen LogP contribution >= 0.6 is 0 Å². The van der Waals surface area contributed by atoms with Gasteiger partial charge in [-0.1, -0.05) is 103 Å². The second-order valence-electron chi connectivity index (χ2n) is 6.68. The molecule has 0 heteroatoms. The summed E-state index contributed by atoms with van der Waals surface area (Å²) in [6.07, 6.45) is 8.38. The normalized spacial score (nSPS) is 12.1. The van der Waals surface area contributed by atoms with Gasteiger partial charge in [0.25, 0.3) is 0 Å². The summed E-state index contributed by atoms with van der Waals surface area (Å²) in [6, 6.07) is 30.0. The Morgan fingerprint density at radius 2 is 1.07 bits per heavy atom.